The summed E-state index contributed by atoms with van der Waals surface area (Å²) in [4.78, 5) is -0.348. The molecule has 3 aromatic rings. The van der Waals surface area contributed by atoms with Crippen LogP contribution in [0.25, 0.3) is 11.1 Å². The van der Waals surface area contributed by atoms with Gasteiger partial charge in [-0.05, 0) is 19.1 Å². The minimum absolute atomic E-state index is 0.0368. The summed E-state index contributed by atoms with van der Waals surface area (Å²) in [5.41, 5.74) is 0.925. The number of fused-ring (bicyclic) bond motifs is 1. The molecule has 0 amide bonds. The molecule has 0 bridgehead atoms. The van der Waals surface area contributed by atoms with Crippen LogP contribution in [-0.4, -0.2) is 20.8 Å². The van der Waals surface area contributed by atoms with Crippen molar-refractivity contribution in [2.75, 3.05) is 0 Å². The Kier molecular flexibility index (Phi) is 3.35. The van der Waals surface area contributed by atoms with Gasteiger partial charge in [-0.2, -0.15) is 0 Å². The molecule has 0 N–H and O–H groups in total. The first-order valence-electron chi connectivity index (χ1n) is 6.07. The van der Waals surface area contributed by atoms with Crippen molar-refractivity contribution in [2.24, 2.45) is 0 Å². The first-order valence-corrected chi connectivity index (χ1v) is 9.81. The average molecular weight is 360 g/mol. The van der Waals surface area contributed by atoms with Gasteiger partial charge in [0, 0.05) is 22.9 Å². The van der Waals surface area contributed by atoms with Crippen LogP contribution in [0.15, 0.2) is 57.0 Å². The number of aromatic nitrogens is 1. The maximum absolute atomic E-state index is 12.7. The Balaban J connectivity index is 2.31. The molecule has 1 aromatic carbocycles. The van der Waals surface area contributed by atoms with Gasteiger partial charge in [-0.1, -0.05) is 17.7 Å². The van der Waals surface area contributed by atoms with Crippen LogP contribution >= 0.6 is 10.7 Å². The molecule has 116 valence electrons. The highest BCUT2D eigenvalue weighted by atomic mass is 35.7. The Hall–Kier alpha value is -1.77. The van der Waals surface area contributed by atoms with Crippen molar-refractivity contribution in [3.8, 4) is 0 Å². The van der Waals surface area contributed by atoms with E-state index < -0.39 is 19.1 Å². The minimum atomic E-state index is -4.13. The fourth-order valence-electron chi connectivity index (χ4n) is 2.09. The summed E-state index contributed by atoms with van der Waals surface area (Å²) in [6, 6.07) is 7.58. The first-order chi connectivity index (χ1) is 10.2. The molecule has 0 radical (unpaired) electrons. The van der Waals surface area contributed by atoms with Crippen LogP contribution < -0.4 is 0 Å². The third-order valence-corrected chi connectivity index (χ3v) is 6.18. The van der Waals surface area contributed by atoms with Crippen LogP contribution in [0.1, 0.15) is 5.56 Å². The monoisotopic (exact) mass is 359 g/mol. The zero-order valence-electron chi connectivity index (χ0n) is 11.2. The van der Waals surface area contributed by atoms with Crippen LogP contribution in [-0.2, 0) is 19.1 Å². The van der Waals surface area contributed by atoms with Crippen molar-refractivity contribution in [2.45, 2.75) is 16.7 Å². The summed E-state index contributed by atoms with van der Waals surface area (Å²) in [7, 11) is -2.76. The average Bonchev–Trinajstić information content (AvgIpc) is 2.98. The number of nitrogens with zero attached hydrogens (tertiary/aromatic N) is 1. The molecule has 0 atom stereocenters. The Labute approximate surface area is 131 Å². The summed E-state index contributed by atoms with van der Waals surface area (Å²) in [6.07, 6.45) is 2.16. The van der Waals surface area contributed by atoms with E-state index in [-0.39, 0.29) is 20.9 Å². The van der Waals surface area contributed by atoms with Gasteiger partial charge in [-0.25, -0.2) is 20.8 Å². The molecule has 6 nitrogen and oxygen atoms in total. The lowest BCUT2D eigenvalue weighted by Gasteiger charge is -2.06. The highest BCUT2D eigenvalue weighted by molar-refractivity contribution is 8.14. The Morgan fingerprint density at radius 2 is 1.68 bits per heavy atom. The van der Waals surface area contributed by atoms with Gasteiger partial charge >= 0.3 is 0 Å². The molecule has 9 heteroatoms. The molecule has 3 rings (SSSR count). The molecular formula is C13H10ClNO5S2. The first kappa shape index (κ1) is 15.1. The van der Waals surface area contributed by atoms with E-state index in [1.54, 1.807) is 12.1 Å². The second-order valence-electron chi connectivity index (χ2n) is 4.68. The van der Waals surface area contributed by atoms with Gasteiger partial charge < -0.3 is 4.42 Å². The standard InChI is InChI=1S/C13H10ClNO5S2/c1-9-2-4-10(5-3-9)22(18,19)15-8-12(21(14,16)17)13-11(15)6-7-20-13/h2-8H,1H3. The van der Waals surface area contributed by atoms with Crippen molar-refractivity contribution < 1.29 is 21.3 Å². The van der Waals surface area contributed by atoms with Crippen LogP contribution in [0, 0.1) is 6.92 Å². The molecule has 22 heavy (non-hydrogen) atoms. The SMILES string of the molecule is Cc1ccc(S(=O)(=O)n2cc(S(=O)(=O)Cl)c3occc32)cc1. The third kappa shape index (κ3) is 2.33. The number of furan rings is 1. The topological polar surface area (TPSA) is 86.4 Å². The van der Waals surface area contributed by atoms with Crippen molar-refractivity contribution in [3.05, 3.63) is 48.4 Å². The summed E-state index contributed by atoms with van der Waals surface area (Å²) in [5, 5.41) is 0. The van der Waals surface area contributed by atoms with E-state index in [1.807, 2.05) is 6.92 Å². The second-order valence-corrected chi connectivity index (χ2v) is 9.03. The van der Waals surface area contributed by atoms with Crippen molar-refractivity contribution in [1.29, 1.82) is 0 Å². The molecule has 0 aliphatic heterocycles. The van der Waals surface area contributed by atoms with E-state index in [0.29, 0.717) is 0 Å². The van der Waals surface area contributed by atoms with E-state index in [1.165, 1.54) is 24.5 Å². The molecule has 0 saturated heterocycles. The zero-order chi connectivity index (χ0) is 16.1. The van der Waals surface area contributed by atoms with Gasteiger partial charge in [-0.15, -0.1) is 0 Å². The normalized spacial score (nSPS) is 12.8. The van der Waals surface area contributed by atoms with Crippen LogP contribution in [0.4, 0.5) is 0 Å². The van der Waals surface area contributed by atoms with Crippen molar-refractivity contribution in [3.63, 3.8) is 0 Å². The van der Waals surface area contributed by atoms with Gasteiger partial charge in [0.15, 0.2) is 5.58 Å². The number of hydrogen-bond acceptors (Lipinski definition) is 5. The van der Waals surface area contributed by atoms with Gasteiger partial charge in [0.1, 0.15) is 10.4 Å². The molecule has 0 aliphatic rings. The van der Waals surface area contributed by atoms with Crippen LogP contribution in [0.2, 0.25) is 0 Å². The third-order valence-electron chi connectivity index (χ3n) is 3.18. The predicted molar refractivity (Wildman–Crippen MR) is 81.0 cm³/mol. The largest absolute Gasteiger partial charge is 0.461 e. The Morgan fingerprint density at radius 3 is 2.27 bits per heavy atom. The van der Waals surface area contributed by atoms with Gasteiger partial charge in [-0.3, -0.25) is 0 Å². The van der Waals surface area contributed by atoms with E-state index in [4.69, 9.17) is 15.1 Å². The number of halogens is 1. The van der Waals surface area contributed by atoms with Gasteiger partial charge in [0.25, 0.3) is 19.1 Å². The lowest BCUT2D eigenvalue weighted by Crippen LogP contribution is -2.11. The number of aryl methyl sites for hydroxylation is 1. The fraction of sp³-hybridized carbons (Fsp3) is 0.0769. The molecule has 0 saturated carbocycles. The molecular weight excluding hydrogens is 350 g/mol. The molecule has 0 unspecified atom stereocenters. The van der Waals surface area contributed by atoms with E-state index in [0.717, 1.165) is 15.7 Å². The predicted octanol–water partition coefficient (Wildman–Crippen LogP) is 2.71. The van der Waals surface area contributed by atoms with Crippen molar-refractivity contribution >= 4 is 40.9 Å². The Bertz CT molecular complexity index is 1060. The van der Waals surface area contributed by atoms with E-state index in [9.17, 15) is 16.8 Å². The molecule has 2 heterocycles. The summed E-state index contributed by atoms with van der Waals surface area (Å²) in [6.45, 7) is 1.83. The number of rotatable bonds is 3. The lowest BCUT2D eigenvalue weighted by atomic mass is 10.2. The highest BCUT2D eigenvalue weighted by Gasteiger charge is 2.27. The molecule has 2 aromatic heterocycles. The smallest absolute Gasteiger partial charge is 0.268 e. The number of hydrogen-bond donors (Lipinski definition) is 0. The summed E-state index contributed by atoms with van der Waals surface area (Å²) in [5.74, 6) is 0. The highest BCUT2D eigenvalue weighted by Crippen LogP contribution is 2.31. The molecule has 0 spiro atoms. The lowest BCUT2D eigenvalue weighted by molar-refractivity contribution is 0.589. The van der Waals surface area contributed by atoms with Crippen LogP contribution in [0.5, 0.6) is 0 Å². The molecule has 0 aliphatic carbocycles. The fourth-order valence-corrected chi connectivity index (χ4v) is 4.45. The Morgan fingerprint density at radius 1 is 1.05 bits per heavy atom. The van der Waals surface area contributed by atoms with E-state index >= 15 is 0 Å². The second kappa shape index (κ2) is 4.87. The quantitative estimate of drug-likeness (QED) is 0.671. The zero-order valence-corrected chi connectivity index (χ0v) is 13.6. The summed E-state index contributed by atoms with van der Waals surface area (Å²) >= 11 is 0. The maximum Gasteiger partial charge on any atom is 0.268 e. The van der Waals surface area contributed by atoms with Crippen molar-refractivity contribution in [1.82, 2.24) is 3.97 Å². The summed E-state index contributed by atoms with van der Waals surface area (Å²) < 4.78 is 54.4. The molecule has 0 fully saturated rings. The minimum Gasteiger partial charge on any atom is -0.461 e. The van der Waals surface area contributed by atoms with Gasteiger partial charge in [0.05, 0.1) is 11.2 Å². The van der Waals surface area contributed by atoms with E-state index in [2.05, 4.69) is 0 Å². The van der Waals surface area contributed by atoms with Gasteiger partial charge in [0.2, 0.25) is 0 Å². The maximum atomic E-state index is 12.7. The number of benzene rings is 1. The van der Waals surface area contributed by atoms with Crippen LogP contribution in [0.3, 0.4) is 0 Å².